The number of nitrogens with zero attached hydrogens (tertiary/aromatic N) is 5. The van der Waals surface area contributed by atoms with Crippen molar-refractivity contribution in [1.29, 1.82) is 5.26 Å². The molecule has 0 aliphatic carbocycles. The number of imidazole rings is 1. The molecule has 4 N–H and O–H groups in total. The molecule has 0 aliphatic rings. The highest BCUT2D eigenvalue weighted by Gasteiger charge is 2.16. The third-order valence-corrected chi connectivity index (χ3v) is 6.73. The van der Waals surface area contributed by atoms with Crippen molar-refractivity contribution in [2.24, 2.45) is 0 Å². The van der Waals surface area contributed by atoms with Crippen LogP contribution in [0.5, 0.6) is 0 Å². The molecule has 0 aliphatic heterocycles. The molecule has 5 aromatic rings. The lowest BCUT2D eigenvalue weighted by Gasteiger charge is -2.13. The van der Waals surface area contributed by atoms with Crippen molar-refractivity contribution in [3.05, 3.63) is 65.1 Å². The highest BCUT2D eigenvalue weighted by Crippen LogP contribution is 2.33. The quantitative estimate of drug-likeness (QED) is 0.234. The van der Waals surface area contributed by atoms with Crippen LogP contribution in [0.1, 0.15) is 17.2 Å². The molecule has 0 spiro atoms. The maximum Gasteiger partial charge on any atom is 0.188 e. The van der Waals surface area contributed by atoms with E-state index in [1.54, 1.807) is 36.4 Å². The van der Waals surface area contributed by atoms with Gasteiger partial charge < -0.3 is 20.2 Å². The van der Waals surface area contributed by atoms with Gasteiger partial charge in [-0.3, -0.25) is 0 Å². The van der Waals surface area contributed by atoms with Crippen LogP contribution in [0.25, 0.3) is 21.7 Å². The lowest BCUT2D eigenvalue weighted by atomic mass is 10.2. The van der Waals surface area contributed by atoms with Crippen LogP contribution in [-0.2, 0) is 11.1 Å². The van der Waals surface area contributed by atoms with Crippen molar-refractivity contribution >= 4 is 56.6 Å². The van der Waals surface area contributed by atoms with Gasteiger partial charge >= 0.3 is 0 Å². The molecule has 0 amide bonds. The highest BCUT2D eigenvalue weighted by molar-refractivity contribution is 7.79. The number of aryl methyl sites for hydroxylation is 2. The number of nitrogens with one attached hydrogen (secondary N) is 3. The Morgan fingerprint density at radius 3 is 2.63 bits per heavy atom. The van der Waals surface area contributed by atoms with Gasteiger partial charge in [0.1, 0.15) is 39.7 Å². The summed E-state index contributed by atoms with van der Waals surface area (Å²) >= 11 is -0.769. The lowest BCUT2D eigenvalue weighted by molar-refractivity contribution is 0.565. The molecule has 10 nitrogen and oxygen atoms in total. The number of hydrogen-bond donors (Lipinski definition) is 4. The largest absolute Gasteiger partial charge is 0.353 e. The van der Waals surface area contributed by atoms with Crippen LogP contribution in [0.3, 0.4) is 0 Å². The molecule has 1 unspecified atom stereocenters. The minimum absolute atomic E-state index is 0.217. The van der Waals surface area contributed by atoms with Gasteiger partial charge in [-0.15, -0.1) is 11.3 Å². The molecule has 35 heavy (non-hydrogen) atoms. The van der Waals surface area contributed by atoms with E-state index in [4.69, 9.17) is 5.26 Å². The van der Waals surface area contributed by atoms with Crippen molar-refractivity contribution in [2.45, 2.75) is 18.7 Å². The standard InChI is InChI=1S/C23H18N8O2S2/c1-12-11-34-23(25-12)14-6-7-16(18(8-14)35(32)33)29-17-9-20(31-22-21(17)26-13(2)27-22)30-19-5-3-4-15(10-24)28-19/h3-9,11H,1-2H3,(H,32,33)(H3,26,27,28,29,30,31). The van der Waals surface area contributed by atoms with E-state index in [2.05, 4.69) is 35.6 Å². The summed E-state index contributed by atoms with van der Waals surface area (Å²) in [4.78, 5) is 21.0. The minimum atomic E-state index is -2.24. The summed E-state index contributed by atoms with van der Waals surface area (Å²) in [5.74, 6) is 1.56. The van der Waals surface area contributed by atoms with Crippen LogP contribution < -0.4 is 10.6 Å². The second kappa shape index (κ2) is 9.22. The third kappa shape index (κ3) is 4.73. The van der Waals surface area contributed by atoms with Gasteiger partial charge in [-0.05, 0) is 44.2 Å². The monoisotopic (exact) mass is 502 g/mol. The predicted molar refractivity (Wildman–Crippen MR) is 135 cm³/mol. The Morgan fingerprint density at radius 2 is 1.89 bits per heavy atom. The first kappa shape index (κ1) is 22.6. The Bertz CT molecular complexity index is 1640. The van der Waals surface area contributed by atoms with Crippen LogP contribution in [0.2, 0.25) is 0 Å². The second-order valence-corrected chi connectivity index (χ2v) is 9.40. The van der Waals surface area contributed by atoms with Gasteiger partial charge in [0.2, 0.25) is 0 Å². The summed E-state index contributed by atoms with van der Waals surface area (Å²) in [5, 5.41) is 18.2. The summed E-state index contributed by atoms with van der Waals surface area (Å²) in [6, 6.07) is 14.1. The Morgan fingerprint density at radius 1 is 1.03 bits per heavy atom. The van der Waals surface area contributed by atoms with E-state index >= 15 is 0 Å². The number of hydrogen-bond acceptors (Lipinski definition) is 9. The average molecular weight is 503 g/mol. The molecule has 12 heteroatoms. The van der Waals surface area contributed by atoms with Crippen molar-refractivity contribution in [3.63, 3.8) is 0 Å². The maximum atomic E-state index is 12.2. The fraction of sp³-hybridized carbons (Fsp3) is 0.0870. The van der Waals surface area contributed by atoms with E-state index in [1.807, 2.05) is 31.4 Å². The fourth-order valence-electron chi connectivity index (χ4n) is 3.50. The zero-order chi connectivity index (χ0) is 24.5. The molecule has 4 aromatic heterocycles. The summed E-state index contributed by atoms with van der Waals surface area (Å²) in [6.45, 7) is 3.72. The van der Waals surface area contributed by atoms with Gasteiger partial charge in [0.05, 0.1) is 16.3 Å². The van der Waals surface area contributed by atoms with Crippen molar-refractivity contribution < 1.29 is 8.76 Å². The molecule has 1 atom stereocenters. The third-order valence-electron chi connectivity index (χ3n) is 5.00. The SMILES string of the molecule is Cc1csc(-c2ccc(Nc3cc(Nc4cccc(C#N)n4)nc4nc(C)[nH]c34)c(S(=O)O)c2)n1. The normalized spacial score (nSPS) is 11.8. The van der Waals surface area contributed by atoms with Gasteiger partial charge in [0.15, 0.2) is 16.7 Å². The fourth-order valence-corrected chi connectivity index (χ4v) is 4.83. The van der Waals surface area contributed by atoms with Crippen molar-refractivity contribution in [1.82, 2.24) is 24.9 Å². The number of aromatic amines is 1. The van der Waals surface area contributed by atoms with Crippen LogP contribution in [-0.4, -0.2) is 33.7 Å². The molecule has 1 aromatic carbocycles. The van der Waals surface area contributed by atoms with Crippen LogP contribution in [0.4, 0.5) is 23.0 Å². The number of rotatable bonds is 6. The van der Waals surface area contributed by atoms with Crippen LogP contribution >= 0.6 is 11.3 Å². The number of thiazole rings is 1. The smallest absolute Gasteiger partial charge is 0.188 e. The molecule has 4 heterocycles. The molecular weight excluding hydrogens is 484 g/mol. The van der Waals surface area contributed by atoms with Crippen molar-refractivity contribution in [2.75, 3.05) is 10.6 Å². The number of pyridine rings is 2. The van der Waals surface area contributed by atoms with E-state index in [0.717, 1.165) is 16.3 Å². The summed E-state index contributed by atoms with van der Waals surface area (Å²) < 4.78 is 22.2. The Labute approximate surface area is 206 Å². The molecule has 174 valence electrons. The first-order valence-electron chi connectivity index (χ1n) is 10.4. The molecule has 0 saturated carbocycles. The van der Waals surface area contributed by atoms with E-state index in [-0.39, 0.29) is 10.6 Å². The number of H-pyrrole nitrogens is 1. The molecule has 0 radical (unpaired) electrons. The van der Waals surface area contributed by atoms with Crippen LogP contribution in [0, 0.1) is 25.2 Å². The van der Waals surface area contributed by atoms with Gasteiger partial charge in [-0.25, -0.2) is 24.1 Å². The number of nitriles is 1. The first-order valence-corrected chi connectivity index (χ1v) is 12.3. The number of aromatic nitrogens is 5. The zero-order valence-corrected chi connectivity index (χ0v) is 20.2. The second-order valence-electron chi connectivity index (χ2n) is 7.60. The summed E-state index contributed by atoms with van der Waals surface area (Å²) in [7, 11) is 0. The topological polar surface area (TPSA) is 152 Å². The van der Waals surface area contributed by atoms with Gasteiger partial charge in [-0.1, -0.05) is 6.07 Å². The van der Waals surface area contributed by atoms with Crippen molar-refractivity contribution in [3.8, 4) is 16.6 Å². The van der Waals surface area contributed by atoms with Gasteiger partial charge in [0.25, 0.3) is 0 Å². The lowest BCUT2D eigenvalue weighted by Crippen LogP contribution is -2.02. The summed E-state index contributed by atoms with van der Waals surface area (Å²) in [6.07, 6.45) is 0. The molecular formula is C23H18N8O2S2. The van der Waals surface area contributed by atoms with Gasteiger partial charge in [0, 0.05) is 22.7 Å². The number of benzene rings is 1. The van der Waals surface area contributed by atoms with E-state index in [1.165, 1.54) is 11.3 Å². The van der Waals surface area contributed by atoms with E-state index < -0.39 is 11.1 Å². The van der Waals surface area contributed by atoms with E-state index in [0.29, 0.717) is 40.0 Å². The Balaban J connectivity index is 1.55. The Hall–Kier alpha value is -4.18. The van der Waals surface area contributed by atoms with E-state index in [9.17, 15) is 8.76 Å². The maximum absolute atomic E-state index is 12.2. The Kier molecular flexibility index (Phi) is 5.96. The average Bonchev–Trinajstić information content (AvgIpc) is 3.44. The summed E-state index contributed by atoms with van der Waals surface area (Å²) in [5.41, 5.74) is 4.07. The minimum Gasteiger partial charge on any atom is -0.353 e. The zero-order valence-electron chi connectivity index (χ0n) is 18.5. The predicted octanol–water partition coefficient (Wildman–Crippen LogP) is 5.03. The molecule has 0 bridgehead atoms. The van der Waals surface area contributed by atoms with Crippen LogP contribution in [0.15, 0.2) is 52.7 Å². The van der Waals surface area contributed by atoms with Gasteiger partial charge in [-0.2, -0.15) is 5.26 Å². The molecule has 5 rings (SSSR count). The molecule has 0 fully saturated rings. The molecule has 0 saturated heterocycles. The highest BCUT2D eigenvalue weighted by atomic mass is 32.2. The first-order chi connectivity index (χ1) is 16.9. The number of anilines is 4. The number of fused-ring (bicyclic) bond motifs is 1.